The van der Waals surface area contributed by atoms with Crippen molar-refractivity contribution in [3.63, 3.8) is 0 Å². The Morgan fingerprint density at radius 2 is 2.12 bits per heavy atom. The summed E-state index contributed by atoms with van der Waals surface area (Å²) in [5.74, 6) is -1.34. The van der Waals surface area contributed by atoms with Crippen LogP contribution in [0.15, 0.2) is 24.3 Å². The van der Waals surface area contributed by atoms with Crippen LogP contribution in [-0.4, -0.2) is 5.91 Å². The van der Waals surface area contributed by atoms with Crippen LogP contribution in [0.2, 0.25) is 0 Å². The molecule has 0 heterocycles. The Morgan fingerprint density at radius 1 is 1.50 bits per heavy atom. The smallest absolute Gasteiger partial charge is 0.241 e. The first-order chi connectivity index (χ1) is 7.67. The van der Waals surface area contributed by atoms with Crippen molar-refractivity contribution in [3.05, 3.63) is 30.1 Å². The number of nitrogens with one attached hydrogen (secondary N) is 1. The van der Waals surface area contributed by atoms with Gasteiger partial charge < -0.3 is 5.32 Å². The number of nitrogens with zero attached hydrogens (tertiary/aromatic N) is 1. The summed E-state index contributed by atoms with van der Waals surface area (Å²) in [6.07, 6.45) is 1.30. The summed E-state index contributed by atoms with van der Waals surface area (Å²) in [7, 11) is 0. The lowest BCUT2D eigenvalue weighted by atomic mass is 10.0. The van der Waals surface area contributed by atoms with Gasteiger partial charge in [0.15, 0.2) is 0 Å². The predicted molar refractivity (Wildman–Crippen MR) is 59.0 cm³/mol. The molecule has 4 heteroatoms. The molecule has 0 aliphatic carbocycles. The lowest BCUT2D eigenvalue weighted by Gasteiger charge is -2.08. The highest BCUT2D eigenvalue weighted by Crippen LogP contribution is 2.12. The summed E-state index contributed by atoms with van der Waals surface area (Å²) in [6, 6.07) is 7.40. The van der Waals surface area contributed by atoms with Gasteiger partial charge in [0, 0.05) is 5.69 Å². The number of amides is 1. The van der Waals surface area contributed by atoms with E-state index in [9.17, 15) is 9.18 Å². The summed E-state index contributed by atoms with van der Waals surface area (Å²) >= 11 is 0. The fourth-order valence-electron chi connectivity index (χ4n) is 1.31. The Hall–Kier alpha value is -1.89. The number of carbonyl (C=O) groups is 1. The molecule has 16 heavy (non-hydrogen) atoms. The number of hydrogen-bond acceptors (Lipinski definition) is 2. The molecule has 0 saturated carbocycles. The monoisotopic (exact) mass is 220 g/mol. The normalized spacial score (nSPS) is 11.6. The molecule has 0 saturated heterocycles. The maximum Gasteiger partial charge on any atom is 0.241 e. The number of benzene rings is 1. The van der Waals surface area contributed by atoms with Crippen LogP contribution in [0.5, 0.6) is 0 Å². The minimum Gasteiger partial charge on any atom is -0.325 e. The third-order valence-electron chi connectivity index (χ3n) is 2.16. The Morgan fingerprint density at radius 3 is 2.62 bits per heavy atom. The van der Waals surface area contributed by atoms with E-state index in [-0.39, 0.29) is 11.7 Å². The van der Waals surface area contributed by atoms with E-state index >= 15 is 0 Å². The summed E-state index contributed by atoms with van der Waals surface area (Å²) in [6.45, 7) is 1.91. The zero-order valence-corrected chi connectivity index (χ0v) is 9.03. The first kappa shape index (κ1) is 12.2. The molecule has 0 aliphatic rings. The van der Waals surface area contributed by atoms with E-state index in [0.717, 1.165) is 6.42 Å². The van der Waals surface area contributed by atoms with Gasteiger partial charge in [-0.3, -0.25) is 4.79 Å². The highest BCUT2D eigenvalue weighted by atomic mass is 19.1. The van der Waals surface area contributed by atoms with Crippen LogP contribution >= 0.6 is 0 Å². The molecule has 1 aromatic carbocycles. The quantitative estimate of drug-likeness (QED) is 0.848. The third-order valence-corrected chi connectivity index (χ3v) is 2.16. The van der Waals surface area contributed by atoms with Gasteiger partial charge in [-0.05, 0) is 30.7 Å². The molecule has 1 unspecified atom stereocenters. The van der Waals surface area contributed by atoms with Gasteiger partial charge in [-0.2, -0.15) is 5.26 Å². The summed E-state index contributed by atoms with van der Waals surface area (Å²) in [5.41, 5.74) is 0.503. The van der Waals surface area contributed by atoms with Gasteiger partial charge in [0.25, 0.3) is 0 Å². The highest BCUT2D eigenvalue weighted by molar-refractivity contribution is 5.94. The number of carbonyl (C=O) groups excluding carboxylic acids is 1. The molecule has 84 valence electrons. The van der Waals surface area contributed by atoms with E-state index in [4.69, 9.17) is 5.26 Å². The maximum absolute atomic E-state index is 12.6. The molecule has 3 nitrogen and oxygen atoms in total. The molecule has 1 atom stereocenters. The van der Waals surface area contributed by atoms with Gasteiger partial charge in [-0.1, -0.05) is 13.3 Å². The van der Waals surface area contributed by atoms with E-state index in [1.165, 1.54) is 24.3 Å². The molecule has 0 spiro atoms. The summed E-state index contributed by atoms with van der Waals surface area (Å²) in [5, 5.41) is 11.4. The van der Waals surface area contributed by atoms with Crippen molar-refractivity contribution in [3.8, 4) is 6.07 Å². The number of anilines is 1. The van der Waals surface area contributed by atoms with Crippen LogP contribution in [0, 0.1) is 23.1 Å². The van der Waals surface area contributed by atoms with Crippen molar-refractivity contribution in [1.82, 2.24) is 0 Å². The Labute approximate surface area is 93.9 Å². The second-order valence-corrected chi connectivity index (χ2v) is 3.47. The van der Waals surface area contributed by atoms with Crippen molar-refractivity contribution in [2.75, 3.05) is 5.32 Å². The molecular formula is C12H13FN2O. The largest absolute Gasteiger partial charge is 0.325 e. The average molecular weight is 220 g/mol. The third kappa shape index (κ3) is 3.35. The molecule has 1 N–H and O–H groups in total. The molecule has 0 radical (unpaired) electrons. The van der Waals surface area contributed by atoms with Crippen molar-refractivity contribution < 1.29 is 9.18 Å². The zero-order chi connectivity index (χ0) is 12.0. The van der Waals surface area contributed by atoms with Crippen LogP contribution in [0.3, 0.4) is 0 Å². The topological polar surface area (TPSA) is 52.9 Å². The number of hydrogen-bond donors (Lipinski definition) is 1. The molecule has 1 rings (SSSR count). The van der Waals surface area contributed by atoms with Crippen LogP contribution < -0.4 is 5.32 Å². The molecular weight excluding hydrogens is 207 g/mol. The van der Waals surface area contributed by atoms with Crippen LogP contribution in [0.4, 0.5) is 10.1 Å². The van der Waals surface area contributed by atoms with E-state index in [2.05, 4.69) is 5.32 Å². The molecule has 0 aliphatic heterocycles. The fraction of sp³-hybridized carbons (Fsp3) is 0.333. The molecule has 1 aromatic rings. The first-order valence-electron chi connectivity index (χ1n) is 5.13. The van der Waals surface area contributed by atoms with Crippen molar-refractivity contribution >= 4 is 11.6 Å². The minimum atomic E-state index is -0.643. The molecule has 0 bridgehead atoms. The first-order valence-corrected chi connectivity index (χ1v) is 5.13. The van der Waals surface area contributed by atoms with Gasteiger partial charge in [0.05, 0.1) is 6.07 Å². The zero-order valence-electron chi connectivity index (χ0n) is 9.03. The van der Waals surface area contributed by atoms with E-state index < -0.39 is 5.92 Å². The number of nitriles is 1. The van der Waals surface area contributed by atoms with Gasteiger partial charge in [-0.25, -0.2) is 4.39 Å². The van der Waals surface area contributed by atoms with Gasteiger partial charge in [-0.15, -0.1) is 0 Å². The van der Waals surface area contributed by atoms with E-state index in [1.54, 1.807) is 0 Å². The van der Waals surface area contributed by atoms with Crippen LogP contribution in [0.25, 0.3) is 0 Å². The Kier molecular flexibility index (Phi) is 4.46. The molecule has 0 fully saturated rings. The van der Waals surface area contributed by atoms with Gasteiger partial charge in [0.1, 0.15) is 11.7 Å². The highest BCUT2D eigenvalue weighted by Gasteiger charge is 2.16. The van der Waals surface area contributed by atoms with Crippen LogP contribution in [0.1, 0.15) is 19.8 Å². The molecule has 1 amide bonds. The Balaban J connectivity index is 2.63. The van der Waals surface area contributed by atoms with Crippen molar-refractivity contribution in [2.24, 2.45) is 5.92 Å². The SMILES string of the molecule is CCCC(C#N)C(=O)Nc1ccc(F)cc1. The number of rotatable bonds is 4. The second-order valence-electron chi connectivity index (χ2n) is 3.47. The van der Waals surface area contributed by atoms with Crippen LogP contribution in [-0.2, 0) is 4.79 Å². The summed E-state index contributed by atoms with van der Waals surface area (Å²) in [4.78, 5) is 11.6. The van der Waals surface area contributed by atoms with E-state index in [1.807, 2.05) is 13.0 Å². The lowest BCUT2D eigenvalue weighted by molar-refractivity contribution is -0.118. The second kappa shape index (κ2) is 5.86. The fourth-order valence-corrected chi connectivity index (χ4v) is 1.31. The Bertz CT molecular complexity index is 394. The van der Waals surface area contributed by atoms with E-state index in [0.29, 0.717) is 12.1 Å². The van der Waals surface area contributed by atoms with Crippen molar-refractivity contribution in [2.45, 2.75) is 19.8 Å². The number of halogens is 1. The predicted octanol–water partition coefficient (Wildman–Crippen LogP) is 2.70. The maximum atomic E-state index is 12.6. The summed E-state index contributed by atoms with van der Waals surface area (Å²) < 4.78 is 12.6. The van der Waals surface area contributed by atoms with Crippen molar-refractivity contribution in [1.29, 1.82) is 5.26 Å². The average Bonchev–Trinajstić information content (AvgIpc) is 2.29. The lowest BCUT2D eigenvalue weighted by Crippen LogP contribution is -2.21. The minimum absolute atomic E-state index is 0.337. The standard InChI is InChI=1S/C12H13FN2O/c1-2-3-9(8-14)12(16)15-11-6-4-10(13)5-7-11/h4-7,9H,2-3H2,1H3,(H,15,16). The van der Waals surface area contributed by atoms with Gasteiger partial charge >= 0.3 is 0 Å². The van der Waals surface area contributed by atoms with Gasteiger partial charge in [0.2, 0.25) is 5.91 Å². The molecule has 0 aromatic heterocycles.